The molecule has 1 unspecified atom stereocenters. The molecule has 2 aromatic rings. The van der Waals surface area contributed by atoms with E-state index in [0.717, 1.165) is 41.8 Å². The standard InChI is InChI=1S/C23H24Cl2N6O/c1-32-17-9-6-14(7-10-17)27-22-26-13-20-21(30-22)31(16-4-2-3-5-16)23(29-20)28-15-8-11-18(24)19(25)12-15/h6-12,16,20H,2-5,13H2,1H3,(H,26,27)(H,28,29). The number of nitrogens with zero attached hydrogens (tertiary/aromatic N) is 4. The number of amidine groups is 1. The molecule has 2 heterocycles. The largest absolute Gasteiger partial charge is 0.497 e. The number of aliphatic imine (C=N–C) groups is 3. The average Bonchev–Trinajstić information content (AvgIpc) is 3.44. The molecule has 0 radical (unpaired) electrons. The average molecular weight is 471 g/mol. The van der Waals surface area contributed by atoms with Crippen molar-refractivity contribution in [2.75, 3.05) is 24.3 Å². The van der Waals surface area contributed by atoms with Crippen LogP contribution in [0.1, 0.15) is 25.7 Å². The highest BCUT2D eigenvalue weighted by Gasteiger charge is 2.40. The van der Waals surface area contributed by atoms with Crippen molar-refractivity contribution in [2.24, 2.45) is 15.0 Å². The second kappa shape index (κ2) is 9.00. The molecule has 3 aliphatic rings. The predicted octanol–water partition coefficient (Wildman–Crippen LogP) is 5.28. The van der Waals surface area contributed by atoms with Crippen LogP contribution in [-0.2, 0) is 0 Å². The summed E-state index contributed by atoms with van der Waals surface area (Å²) in [4.78, 5) is 16.7. The minimum absolute atomic E-state index is 0.0951. The van der Waals surface area contributed by atoms with Crippen LogP contribution < -0.4 is 15.4 Å². The Bertz CT molecular complexity index is 1090. The first-order valence-corrected chi connectivity index (χ1v) is 11.5. The van der Waals surface area contributed by atoms with E-state index in [1.807, 2.05) is 36.4 Å². The second-order valence-corrected chi connectivity index (χ2v) is 8.83. The number of anilines is 2. The van der Waals surface area contributed by atoms with Gasteiger partial charge in [-0.25, -0.2) is 9.98 Å². The van der Waals surface area contributed by atoms with E-state index in [0.29, 0.717) is 28.6 Å². The van der Waals surface area contributed by atoms with Crippen LogP contribution in [-0.4, -0.2) is 48.4 Å². The van der Waals surface area contributed by atoms with Crippen LogP contribution in [0.15, 0.2) is 57.4 Å². The fourth-order valence-corrected chi connectivity index (χ4v) is 4.59. The van der Waals surface area contributed by atoms with Crippen LogP contribution in [0.3, 0.4) is 0 Å². The Balaban J connectivity index is 1.39. The quantitative estimate of drug-likeness (QED) is 0.637. The van der Waals surface area contributed by atoms with Gasteiger partial charge < -0.3 is 15.4 Å². The summed E-state index contributed by atoms with van der Waals surface area (Å²) in [6.07, 6.45) is 4.66. The molecule has 5 rings (SSSR count). The Labute approximate surface area is 197 Å². The summed E-state index contributed by atoms with van der Waals surface area (Å²) in [7, 11) is 1.65. The van der Waals surface area contributed by atoms with E-state index in [1.165, 1.54) is 12.8 Å². The highest BCUT2D eigenvalue weighted by molar-refractivity contribution is 6.42. The third kappa shape index (κ3) is 4.27. The monoisotopic (exact) mass is 470 g/mol. The van der Waals surface area contributed by atoms with Crippen LogP contribution in [0.5, 0.6) is 5.75 Å². The van der Waals surface area contributed by atoms with Crippen LogP contribution in [0.25, 0.3) is 0 Å². The Hall–Kier alpha value is -2.77. The molecule has 0 spiro atoms. The number of ether oxygens (including phenoxy) is 1. The van der Waals surface area contributed by atoms with Crippen LogP contribution >= 0.6 is 23.2 Å². The first-order valence-electron chi connectivity index (χ1n) is 10.7. The molecular weight excluding hydrogens is 447 g/mol. The minimum atomic E-state index is -0.0951. The molecule has 9 heteroatoms. The van der Waals surface area contributed by atoms with Gasteiger partial charge in [-0.2, -0.15) is 4.99 Å². The van der Waals surface area contributed by atoms with Crippen molar-refractivity contribution < 1.29 is 4.74 Å². The third-order valence-electron chi connectivity index (χ3n) is 5.90. The Kier molecular flexibility index (Phi) is 5.93. The molecule has 2 N–H and O–H groups in total. The van der Waals surface area contributed by atoms with Gasteiger partial charge in [-0.3, -0.25) is 4.90 Å². The molecule has 1 saturated carbocycles. The molecule has 0 aromatic heterocycles. The number of nitrogens with one attached hydrogen (secondary N) is 2. The highest BCUT2D eigenvalue weighted by Crippen LogP contribution is 2.31. The molecular formula is C23H24Cl2N6O. The van der Waals surface area contributed by atoms with Gasteiger partial charge in [0.15, 0.2) is 0 Å². The van der Waals surface area contributed by atoms with E-state index in [2.05, 4.69) is 20.5 Å². The summed E-state index contributed by atoms with van der Waals surface area (Å²) in [5.74, 6) is 3.13. The molecule has 2 aromatic carbocycles. The maximum atomic E-state index is 6.22. The number of methoxy groups -OCH3 is 1. The summed E-state index contributed by atoms with van der Waals surface area (Å²) in [5.41, 5.74) is 1.76. The topological polar surface area (TPSA) is 73.6 Å². The number of fused-ring (bicyclic) bond motifs is 1. The van der Waals surface area contributed by atoms with E-state index in [9.17, 15) is 0 Å². The number of rotatable bonds is 4. The smallest absolute Gasteiger partial charge is 0.224 e. The predicted molar refractivity (Wildman–Crippen MR) is 132 cm³/mol. The SMILES string of the molecule is COc1ccc(NC2=NCC3N=C(Nc4ccc(Cl)c(Cl)c4)N(C4CCCC4)C3=N2)cc1. The van der Waals surface area contributed by atoms with Gasteiger partial charge in [0.1, 0.15) is 17.6 Å². The zero-order valence-electron chi connectivity index (χ0n) is 17.7. The fourth-order valence-electron chi connectivity index (χ4n) is 4.29. The fraction of sp³-hybridized carbons (Fsp3) is 0.348. The molecule has 166 valence electrons. The first kappa shape index (κ1) is 21.1. The Morgan fingerprint density at radius 2 is 1.72 bits per heavy atom. The summed E-state index contributed by atoms with van der Waals surface area (Å²) >= 11 is 12.3. The molecule has 0 amide bonds. The number of guanidine groups is 2. The zero-order valence-corrected chi connectivity index (χ0v) is 19.2. The van der Waals surface area contributed by atoms with Crippen molar-refractivity contribution in [3.8, 4) is 5.75 Å². The van der Waals surface area contributed by atoms with Crippen LogP contribution in [0.4, 0.5) is 11.4 Å². The number of halogens is 2. The van der Waals surface area contributed by atoms with Crippen molar-refractivity contribution in [1.82, 2.24) is 4.90 Å². The van der Waals surface area contributed by atoms with Crippen LogP contribution in [0, 0.1) is 0 Å². The van der Waals surface area contributed by atoms with E-state index in [4.69, 9.17) is 37.9 Å². The lowest BCUT2D eigenvalue weighted by molar-refractivity contribution is 0.415. The van der Waals surface area contributed by atoms with Crippen molar-refractivity contribution in [3.63, 3.8) is 0 Å². The van der Waals surface area contributed by atoms with Gasteiger partial charge in [0.05, 0.1) is 23.7 Å². The van der Waals surface area contributed by atoms with Gasteiger partial charge in [0.2, 0.25) is 11.9 Å². The number of hydrogen-bond donors (Lipinski definition) is 2. The molecule has 7 nitrogen and oxygen atoms in total. The first-order chi connectivity index (χ1) is 15.6. The van der Waals surface area contributed by atoms with E-state index >= 15 is 0 Å². The van der Waals surface area contributed by atoms with Gasteiger partial charge >= 0.3 is 0 Å². The highest BCUT2D eigenvalue weighted by atomic mass is 35.5. The summed E-state index contributed by atoms with van der Waals surface area (Å²) in [6.45, 7) is 0.549. The molecule has 1 atom stereocenters. The molecule has 2 aliphatic heterocycles. The van der Waals surface area contributed by atoms with Crippen molar-refractivity contribution in [1.29, 1.82) is 0 Å². The molecule has 1 aliphatic carbocycles. The van der Waals surface area contributed by atoms with Crippen molar-refractivity contribution in [2.45, 2.75) is 37.8 Å². The number of benzene rings is 2. The zero-order chi connectivity index (χ0) is 22.1. The molecule has 0 bridgehead atoms. The maximum Gasteiger partial charge on any atom is 0.224 e. The Morgan fingerprint density at radius 1 is 0.969 bits per heavy atom. The van der Waals surface area contributed by atoms with Gasteiger partial charge in [-0.15, -0.1) is 0 Å². The maximum absolute atomic E-state index is 6.22. The van der Waals surface area contributed by atoms with Gasteiger partial charge in [-0.05, 0) is 55.3 Å². The lowest BCUT2D eigenvalue weighted by Gasteiger charge is -2.30. The lowest BCUT2D eigenvalue weighted by atomic mass is 10.2. The van der Waals surface area contributed by atoms with Crippen molar-refractivity contribution in [3.05, 3.63) is 52.5 Å². The summed E-state index contributed by atoms with van der Waals surface area (Å²) < 4.78 is 5.23. The number of hydrogen-bond acceptors (Lipinski definition) is 7. The molecule has 32 heavy (non-hydrogen) atoms. The van der Waals surface area contributed by atoms with Gasteiger partial charge in [0, 0.05) is 17.4 Å². The van der Waals surface area contributed by atoms with Gasteiger partial charge in [-0.1, -0.05) is 36.0 Å². The van der Waals surface area contributed by atoms with E-state index in [1.54, 1.807) is 13.2 Å². The molecule has 1 fully saturated rings. The lowest BCUT2D eigenvalue weighted by Crippen LogP contribution is -2.46. The van der Waals surface area contributed by atoms with Crippen molar-refractivity contribution >= 4 is 52.3 Å². The van der Waals surface area contributed by atoms with Crippen LogP contribution in [0.2, 0.25) is 10.0 Å². The van der Waals surface area contributed by atoms with E-state index in [-0.39, 0.29) is 6.04 Å². The molecule has 0 saturated heterocycles. The summed E-state index contributed by atoms with van der Waals surface area (Å²) in [6, 6.07) is 13.5. The Morgan fingerprint density at radius 3 is 2.44 bits per heavy atom. The minimum Gasteiger partial charge on any atom is -0.497 e. The van der Waals surface area contributed by atoms with E-state index < -0.39 is 0 Å². The normalized spacial score (nSPS) is 20.4. The second-order valence-electron chi connectivity index (χ2n) is 8.02. The van der Waals surface area contributed by atoms with Gasteiger partial charge in [0.25, 0.3) is 0 Å². The third-order valence-corrected chi connectivity index (χ3v) is 6.64. The summed E-state index contributed by atoms with van der Waals surface area (Å²) in [5, 5.41) is 7.78.